The van der Waals surface area contributed by atoms with E-state index in [1.54, 1.807) is 30.3 Å². The van der Waals surface area contributed by atoms with Gasteiger partial charge in [0.25, 0.3) is 17.7 Å². The van der Waals surface area contributed by atoms with Gasteiger partial charge in [0.1, 0.15) is 17.0 Å². The number of fused-ring (bicyclic) bond motifs is 2. The first-order valence-electron chi connectivity index (χ1n) is 14.5. The molecule has 234 valence electrons. The van der Waals surface area contributed by atoms with Crippen LogP contribution < -0.4 is 16.0 Å². The molecule has 0 unspecified atom stereocenters. The summed E-state index contributed by atoms with van der Waals surface area (Å²) in [6, 6.07) is 18.6. The van der Waals surface area contributed by atoms with E-state index in [9.17, 15) is 23.2 Å². The Bertz CT molecular complexity index is 2150. The van der Waals surface area contributed by atoms with Crippen molar-refractivity contribution in [3.8, 4) is 11.4 Å². The Balaban J connectivity index is 1.19. The number of amides is 3. The number of anilines is 1. The number of benzene rings is 3. The quantitative estimate of drug-likeness (QED) is 0.196. The highest BCUT2D eigenvalue weighted by molar-refractivity contribution is 6.09. The van der Waals surface area contributed by atoms with E-state index in [-0.39, 0.29) is 35.2 Å². The minimum atomic E-state index is -1.05. The van der Waals surface area contributed by atoms with E-state index >= 15 is 0 Å². The second kappa shape index (κ2) is 12.2. The second-order valence-corrected chi connectivity index (χ2v) is 10.8. The Kier molecular flexibility index (Phi) is 7.61. The van der Waals surface area contributed by atoms with Crippen LogP contribution in [0.3, 0.4) is 0 Å². The Labute approximate surface area is 264 Å². The van der Waals surface area contributed by atoms with Gasteiger partial charge in [-0.05, 0) is 65.1 Å². The van der Waals surface area contributed by atoms with Crippen LogP contribution >= 0.6 is 0 Å². The zero-order valence-corrected chi connectivity index (χ0v) is 24.4. The molecule has 3 aromatic carbocycles. The number of aromatic nitrogens is 7. The van der Waals surface area contributed by atoms with Gasteiger partial charge in [-0.25, -0.2) is 18.3 Å². The predicted octanol–water partition coefficient (Wildman–Crippen LogP) is 3.79. The van der Waals surface area contributed by atoms with Crippen molar-refractivity contribution in [3.05, 3.63) is 124 Å². The molecule has 0 saturated carbocycles. The first-order chi connectivity index (χ1) is 22.8. The lowest BCUT2D eigenvalue weighted by molar-refractivity contribution is 0.0927. The standard InChI is InChI=1S/C32H24F2N10O3/c33-23-10-6-17(12-24(23)34)15-35-31(46)26-14-27(44-29(38-26)22(16-36-44)30(45)37-20-4-2-1-3-5-20)32(47)39-25-11-8-18-13-19(7-9-21(18)25)28-40-42-43-41-28/h1-7,9-10,12-14,16,25H,8,11,15H2,(H,35,46)(H,37,45)(H,39,47)(H,40,41,42,43)/t25-/m0/s1. The molecular weight excluding hydrogens is 610 g/mol. The van der Waals surface area contributed by atoms with Crippen LogP contribution in [-0.2, 0) is 13.0 Å². The monoisotopic (exact) mass is 634 g/mol. The van der Waals surface area contributed by atoms with E-state index in [2.05, 4.69) is 46.7 Å². The van der Waals surface area contributed by atoms with Crippen LogP contribution in [0, 0.1) is 11.6 Å². The Morgan fingerprint density at radius 3 is 2.57 bits per heavy atom. The molecule has 0 bridgehead atoms. The molecule has 1 aliphatic rings. The average molecular weight is 635 g/mol. The lowest BCUT2D eigenvalue weighted by Gasteiger charge is -2.16. The number of rotatable bonds is 8. The number of hydrogen-bond acceptors (Lipinski definition) is 8. The molecule has 1 atom stereocenters. The molecule has 0 spiro atoms. The first-order valence-corrected chi connectivity index (χ1v) is 14.5. The van der Waals surface area contributed by atoms with Crippen molar-refractivity contribution in [2.45, 2.75) is 25.4 Å². The maximum Gasteiger partial charge on any atom is 0.270 e. The second-order valence-electron chi connectivity index (χ2n) is 10.8. The van der Waals surface area contributed by atoms with Gasteiger partial charge in [0.15, 0.2) is 17.3 Å². The molecule has 0 radical (unpaired) electrons. The summed E-state index contributed by atoms with van der Waals surface area (Å²) in [5.74, 6) is -3.41. The number of H-pyrrole nitrogens is 1. The van der Waals surface area contributed by atoms with E-state index in [1.165, 1.54) is 22.8 Å². The Morgan fingerprint density at radius 1 is 0.936 bits per heavy atom. The number of nitrogens with one attached hydrogen (secondary N) is 4. The molecule has 13 nitrogen and oxygen atoms in total. The summed E-state index contributed by atoms with van der Waals surface area (Å²) in [5.41, 5.74) is 3.34. The maximum atomic E-state index is 13.8. The van der Waals surface area contributed by atoms with Gasteiger partial charge >= 0.3 is 0 Å². The number of aromatic amines is 1. The molecule has 3 aromatic heterocycles. The predicted molar refractivity (Wildman–Crippen MR) is 163 cm³/mol. The van der Waals surface area contributed by atoms with Crippen LogP contribution in [0.25, 0.3) is 17.0 Å². The number of tetrazole rings is 1. The highest BCUT2D eigenvalue weighted by Gasteiger charge is 2.28. The summed E-state index contributed by atoms with van der Waals surface area (Å²) < 4.78 is 28.3. The fourth-order valence-corrected chi connectivity index (χ4v) is 5.47. The molecule has 3 heterocycles. The van der Waals surface area contributed by atoms with Gasteiger partial charge in [-0.3, -0.25) is 14.4 Å². The zero-order chi connectivity index (χ0) is 32.5. The Hall–Kier alpha value is -6.38. The SMILES string of the molecule is O=C(NCc1ccc(F)c(F)c1)c1cc(C(=O)N[C@H]2CCc3cc(-c4nn[nH]n4)ccc32)n2ncc(C(=O)Nc3ccccc3)c2n1. The molecule has 47 heavy (non-hydrogen) atoms. The highest BCUT2D eigenvalue weighted by atomic mass is 19.2. The number of carbonyl (C=O) groups excluding carboxylic acids is 3. The van der Waals surface area contributed by atoms with Crippen LogP contribution in [0.5, 0.6) is 0 Å². The van der Waals surface area contributed by atoms with Crippen LogP contribution in [0.15, 0.2) is 79.0 Å². The summed E-state index contributed by atoms with van der Waals surface area (Å²) in [4.78, 5) is 44.8. The lowest BCUT2D eigenvalue weighted by atomic mass is 10.0. The summed E-state index contributed by atoms with van der Waals surface area (Å²) in [7, 11) is 0. The van der Waals surface area contributed by atoms with Crippen LogP contribution in [0.2, 0.25) is 0 Å². The van der Waals surface area contributed by atoms with Gasteiger partial charge in [0.05, 0.1) is 12.2 Å². The average Bonchev–Trinajstić information content (AvgIpc) is 3.86. The van der Waals surface area contributed by atoms with Crippen molar-refractivity contribution in [2.24, 2.45) is 0 Å². The fraction of sp³-hybridized carbons (Fsp3) is 0.125. The van der Waals surface area contributed by atoms with Crippen LogP contribution in [0.4, 0.5) is 14.5 Å². The molecule has 1 aliphatic carbocycles. The zero-order valence-electron chi connectivity index (χ0n) is 24.4. The molecule has 0 aliphatic heterocycles. The van der Waals surface area contributed by atoms with E-state index in [0.29, 0.717) is 29.9 Å². The third kappa shape index (κ3) is 5.88. The van der Waals surface area contributed by atoms with Crippen LogP contribution in [0.1, 0.15) is 60.5 Å². The summed E-state index contributed by atoms with van der Waals surface area (Å²) in [6.45, 7) is -0.143. The number of carbonyl (C=O) groups is 3. The molecule has 3 amide bonds. The third-order valence-corrected chi connectivity index (χ3v) is 7.78. The number of halogens is 2. The van der Waals surface area contributed by atoms with Gasteiger partial charge in [-0.2, -0.15) is 10.3 Å². The van der Waals surface area contributed by atoms with Gasteiger partial charge in [0.2, 0.25) is 5.82 Å². The minimum absolute atomic E-state index is 0.0263. The number of aryl methyl sites for hydroxylation is 1. The summed E-state index contributed by atoms with van der Waals surface area (Å²) >= 11 is 0. The fourth-order valence-electron chi connectivity index (χ4n) is 5.47. The van der Waals surface area contributed by atoms with Crippen molar-refractivity contribution in [3.63, 3.8) is 0 Å². The smallest absolute Gasteiger partial charge is 0.270 e. The molecule has 4 N–H and O–H groups in total. The van der Waals surface area contributed by atoms with Crippen molar-refractivity contribution in [2.75, 3.05) is 5.32 Å². The molecule has 0 fully saturated rings. The van der Waals surface area contributed by atoms with Crippen molar-refractivity contribution in [1.82, 2.24) is 45.9 Å². The van der Waals surface area contributed by atoms with Crippen molar-refractivity contribution >= 4 is 29.1 Å². The van der Waals surface area contributed by atoms with Crippen LogP contribution in [-0.4, -0.2) is 52.9 Å². The van der Waals surface area contributed by atoms with Gasteiger partial charge in [-0.15, -0.1) is 10.2 Å². The molecule has 0 saturated heterocycles. The minimum Gasteiger partial charge on any atom is -0.347 e. The number of para-hydroxylation sites is 1. The van der Waals surface area contributed by atoms with Gasteiger partial charge in [0, 0.05) is 23.9 Å². The molecule has 15 heteroatoms. The molecule has 7 rings (SSSR count). The van der Waals surface area contributed by atoms with E-state index in [0.717, 1.165) is 28.8 Å². The molecule has 6 aromatic rings. The third-order valence-electron chi connectivity index (χ3n) is 7.78. The molecular formula is C32H24F2N10O3. The van der Waals surface area contributed by atoms with E-state index in [4.69, 9.17) is 0 Å². The van der Waals surface area contributed by atoms with E-state index in [1.807, 2.05) is 18.2 Å². The summed E-state index contributed by atoms with van der Waals surface area (Å²) in [6.07, 6.45) is 2.59. The highest BCUT2D eigenvalue weighted by Crippen LogP contribution is 2.33. The van der Waals surface area contributed by atoms with Crippen molar-refractivity contribution in [1.29, 1.82) is 0 Å². The number of nitrogens with zero attached hydrogens (tertiary/aromatic N) is 6. The Morgan fingerprint density at radius 2 is 1.79 bits per heavy atom. The lowest BCUT2D eigenvalue weighted by Crippen LogP contribution is -2.31. The summed E-state index contributed by atoms with van der Waals surface area (Å²) in [5, 5.41) is 26.7. The van der Waals surface area contributed by atoms with Gasteiger partial charge < -0.3 is 16.0 Å². The largest absolute Gasteiger partial charge is 0.347 e. The first kappa shape index (κ1) is 29.3. The van der Waals surface area contributed by atoms with E-state index < -0.39 is 29.4 Å². The topological polar surface area (TPSA) is 172 Å². The number of hydrogen-bond donors (Lipinski definition) is 4. The van der Waals surface area contributed by atoms with Gasteiger partial charge in [-0.1, -0.05) is 36.4 Å². The normalized spacial score (nSPS) is 13.7. The maximum absolute atomic E-state index is 13.8. The van der Waals surface area contributed by atoms with Crippen molar-refractivity contribution < 1.29 is 23.2 Å².